The summed E-state index contributed by atoms with van der Waals surface area (Å²) in [6.45, 7) is 5.47. The number of fused-ring (bicyclic) bond motifs is 1. The number of hydrogen-bond acceptors (Lipinski definition) is 2. The topological polar surface area (TPSA) is 38.1 Å². The lowest BCUT2D eigenvalue weighted by molar-refractivity contribution is 0.0714. The predicted molar refractivity (Wildman–Crippen MR) is 123 cm³/mol. The summed E-state index contributed by atoms with van der Waals surface area (Å²) in [5.41, 5.74) is 2.82. The van der Waals surface area contributed by atoms with Crippen molar-refractivity contribution in [2.24, 2.45) is 5.92 Å². The van der Waals surface area contributed by atoms with Gasteiger partial charge in [-0.3, -0.25) is 4.79 Å². The molecule has 0 radical (unpaired) electrons. The Morgan fingerprint density at radius 1 is 1.13 bits per heavy atom. The third-order valence-electron chi connectivity index (χ3n) is 5.89. The molecule has 0 bridgehead atoms. The molecule has 0 saturated heterocycles. The Bertz CT molecular complexity index is 1020. The second-order valence-corrected chi connectivity index (χ2v) is 9.20. The minimum Gasteiger partial charge on any atom is -0.331 e. The van der Waals surface area contributed by atoms with Crippen molar-refractivity contribution in [2.45, 2.75) is 58.5 Å². The molecular weight excluding hydrogens is 394 g/mol. The van der Waals surface area contributed by atoms with Gasteiger partial charge in [0.15, 0.2) is 0 Å². The van der Waals surface area contributed by atoms with Gasteiger partial charge < -0.3 is 9.47 Å². The molecule has 3 aromatic rings. The summed E-state index contributed by atoms with van der Waals surface area (Å²) in [4.78, 5) is 20.3. The second kappa shape index (κ2) is 9.22. The molecule has 1 fully saturated rings. The first-order chi connectivity index (χ1) is 14.5. The van der Waals surface area contributed by atoms with E-state index in [-0.39, 0.29) is 5.91 Å². The Balaban J connectivity index is 1.71. The van der Waals surface area contributed by atoms with Gasteiger partial charge in [0, 0.05) is 23.2 Å². The molecule has 5 heteroatoms. The van der Waals surface area contributed by atoms with Crippen LogP contribution in [0.15, 0.2) is 48.5 Å². The van der Waals surface area contributed by atoms with Crippen LogP contribution < -0.4 is 0 Å². The number of rotatable bonds is 6. The van der Waals surface area contributed by atoms with E-state index in [2.05, 4.69) is 36.6 Å². The normalized spacial score (nSPS) is 15.1. The highest BCUT2D eigenvalue weighted by Crippen LogP contribution is 2.33. The zero-order valence-corrected chi connectivity index (χ0v) is 18.6. The monoisotopic (exact) mass is 423 g/mol. The van der Waals surface area contributed by atoms with Gasteiger partial charge in [-0.15, -0.1) is 0 Å². The Morgan fingerprint density at radius 3 is 2.63 bits per heavy atom. The largest absolute Gasteiger partial charge is 0.331 e. The predicted octanol–water partition coefficient (Wildman–Crippen LogP) is 6.49. The van der Waals surface area contributed by atoms with E-state index >= 15 is 0 Å². The van der Waals surface area contributed by atoms with Crippen molar-refractivity contribution in [1.29, 1.82) is 0 Å². The average Bonchev–Trinajstić information content (AvgIpc) is 3.11. The van der Waals surface area contributed by atoms with Crippen LogP contribution in [0, 0.1) is 5.92 Å². The van der Waals surface area contributed by atoms with Gasteiger partial charge in [-0.25, -0.2) is 4.98 Å². The van der Waals surface area contributed by atoms with E-state index in [1.54, 1.807) is 12.1 Å². The number of amides is 1. The quantitative estimate of drug-likeness (QED) is 0.454. The van der Waals surface area contributed by atoms with Gasteiger partial charge in [-0.2, -0.15) is 0 Å². The summed E-state index contributed by atoms with van der Waals surface area (Å²) in [6.07, 6.45) is 6.19. The van der Waals surface area contributed by atoms with Crippen LogP contribution in [0.5, 0.6) is 0 Å². The minimum absolute atomic E-state index is 0.00782. The number of aromatic nitrogens is 2. The summed E-state index contributed by atoms with van der Waals surface area (Å²) >= 11 is 6.15. The van der Waals surface area contributed by atoms with E-state index in [4.69, 9.17) is 16.6 Å². The zero-order valence-electron chi connectivity index (χ0n) is 17.9. The molecule has 1 aliphatic rings. The fourth-order valence-electron chi connectivity index (χ4n) is 4.59. The molecule has 4 nitrogen and oxygen atoms in total. The molecule has 158 valence electrons. The van der Waals surface area contributed by atoms with Gasteiger partial charge in [0.25, 0.3) is 5.91 Å². The number of benzene rings is 2. The van der Waals surface area contributed by atoms with Crippen LogP contribution in [0.4, 0.5) is 0 Å². The fourth-order valence-corrected chi connectivity index (χ4v) is 4.78. The van der Waals surface area contributed by atoms with Crippen molar-refractivity contribution in [3.05, 3.63) is 64.9 Å². The molecule has 1 amide bonds. The van der Waals surface area contributed by atoms with Gasteiger partial charge in [0.05, 0.1) is 17.6 Å². The summed E-state index contributed by atoms with van der Waals surface area (Å²) in [5.74, 6) is 1.35. The highest BCUT2D eigenvalue weighted by atomic mass is 35.5. The first-order valence-electron chi connectivity index (χ1n) is 11.0. The van der Waals surface area contributed by atoms with E-state index in [1.165, 1.54) is 37.6 Å². The highest BCUT2D eigenvalue weighted by Gasteiger charge is 2.25. The van der Waals surface area contributed by atoms with Crippen LogP contribution in [-0.2, 0) is 6.54 Å². The summed E-state index contributed by atoms with van der Waals surface area (Å²) < 4.78 is 2.41. The van der Waals surface area contributed by atoms with Gasteiger partial charge in [0.2, 0.25) is 0 Å². The minimum atomic E-state index is 0.00782. The average molecular weight is 424 g/mol. The Morgan fingerprint density at radius 2 is 1.90 bits per heavy atom. The van der Waals surface area contributed by atoms with Crippen molar-refractivity contribution >= 4 is 28.5 Å². The van der Waals surface area contributed by atoms with E-state index < -0.39 is 0 Å². The van der Waals surface area contributed by atoms with Gasteiger partial charge in [-0.1, -0.05) is 62.9 Å². The van der Waals surface area contributed by atoms with Crippen LogP contribution in [0.3, 0.4) is 0 Å². The molecule has 0 unspecified atom stereocenters. The fraction of sp³-hybridized carbons (Fsp3) is 0.440. The molecule has 0 N–H and O–H groups in total. The molecule has 2 aromatic carbocycles. The summed E-state index contributed by atoms with van der Waals surface area (Å²) in [7, 11) is 0. The molecule has 0 aliphatic heterocycles. The number of para-hydroxylation sites is 2. The molecule has 4 rings (SSSR count). The van der Waals surface area contributed by atoms with Crippen LogP contribution in [-0.4, -0.2) is 26.9 Å². The number of nitrogens with zero attached hydrogens (tertiary/aromatic N) is 3. The lowest BCUT2D eigenvalue weighted by Crippen LogP contribution is -2.35. The van der Waals surface area contributed by atoms with Crippen LogP contribution in [0.1, 0.15) is 68.2 Å². The Labute approximate surface area is 183 Å². The lowest BCUT2D eigenvalue weighted by Gasteiger charge is -2.29. The molecule has 1 heterocycles. The Hall–Kier alpha value is -2.33. The molecule has 1 aliphatic carbocycles. The Kier molecular flexibility index (Phi) is 6.43. The van der Waals surface area contributed by atoms with Gasteiger partial charge >= 0.3 is 0 Å². The second-order valence-electron chi connectivity index (χ2n) is 8.77. The SMILES string of the molecule is CC(C)CN(Cc1nc2ccccc2n1C1CCCCC1)C(=O)c1cccc(Cl)c1. The first kappa shape index (κ1) is 20.9. The maximum atomic E-state index is 13.4. The number of imidazole rings is 1. The number of carbonyl (C=O) groups excluding carboxylic acids is 1. The molecule has 0 atom stereocenters. The number of carbonyl (C=O) groups is 1. The third kappa shape index (κ3) is 4.54. The maximum Gasteiger partial charge on any atom is 0.254 e. The molecular formula is C25H30ClN3O. The highest BCUT2D eigenvalue weighted by molar-refractivity contribution is 6.30. The maximum absolute atomic E-state index is 13.4. The molecule has 1 saturated carbocycles. The standard InChI is InChI=1S/C25H30ClN3O/c1-18(2)16-28(25(30)19-9-8-10-20(26)15-19)17-24-27-22-13-6-7-14-23(22)29(24)21-11-4-3-5-12-21/h6-10,13-15,18,21H,3-5,11-12,16-17H2,1-2H3. The van der Waals surface area contributed by atoms with E-state index in [0.717, 1.165) is 11.3 Å². The van der Waals surface area contributed by atoms with Crippen molar-refractivity contribution in [3.8, 4) is 0 Å². The lowest BCUT2D eigenvalue weighted by atomic mass is 9.95. The molecule has 1 aromatic heterocycles. The summed E-state index contributed by atoms with van der Waals surface area (Å²) in [5, 5.41) is 0.583. The molecule has 0 spiro atoms. The van der Waals surface area contributed by atoms with Crippen molar-refractivity contribution < 1.29 is 4.79 Å². The van der Waals surface area contributed by atoms with Crippen LogP contribution in [0.25, 0.3) is 11.0 Å². The smallest absolute Gasteiger partial charge is 0.254 e. The summed E-state index contributed by atoms with van der Waals surface area (Å²) in [6, 6.07) is 16.0. The van der Waals surface area contributed by atoms with E-state index in [9.17, 15) is 4.79 Å². The molecule has 30 heavy (non-hydrogen) atoms. The number of hydrogen-bond donors (Lipinski definition) is 0. The first-order valence-corrected chi connectivity index (χ1v) is 11.4. The number of halogens is 1. The third-order valence-corrected chi connectivity index (χ3v) is 6.12. The van der Waals surface area contributed by atoms with E-state index in [0.29, 0.717) is 35.6 Å². The van der Waals surface area contributed by atoms with Crippen molar-refractivity contribution in [1.82, 2.24) is 14.5 Å². The zero-order chi connectivity index (χ0) is 21.1. The van der Waals surface area contributed by atoms with Crippen LogP contribution >= 0.6 is 11.6 Å². The van der Waals surface area contributed by atoms with Gasteiger partial charge in [0.1, 0.15) is 5.82 Å². The van der Waals surface area contributed by atoms with Crippen molar-refractivity contribution in [3.63, 3.8) is 0 Å². The van der Waals surface area contributed by atoms with Crippen molar-refractivity contribution in [2.75, 3.05) is 6.54 Å². The van der Waals surface area contributed by atoms with Crippen LogP contribution in [0.2, 0.25) is 5.02 Å². The van der Waals surface area contributed by atoms with E-state index in [1.807, 2.05) is 23.1 Å². The van der Waals surface area contributed by atoms with Gasteiger partial charge in [-0.05, 0) is 49.1 Å².